The molecular weight excluding hydrogens is 364 g/mol. The smallest absolute Gasteiger partial charge is 0.264 e. The van der Waals surface area contributed by atoms with Gasteiger partial charge in [0.15, 0.2) is 5.17 Å². The van der Waals surface area contributed by atoms with E-state index >= 15 is 0 Å². The summed E-state index contributed by atoms with van der Waals surface area (Å²) in [5.74, 6) is 0.589. The second-order valence-electron chi connectivity index (χ2n) is 4.36. The number of hydrogen-bond donors (Lipinski definition) is 1. The van der Waals surface area contributed by atoms with E-state index in [0.29, 0.717) is 10.1 Å². The van der Waals surface area contributed by atoms with E-state index in [2.05, 4.69) is 26.2 Å². The molecule has 0 spiro atoms. The van der Waals surface area contributed by atoms with Gasteiger partial charge in [-0.15, -0.1) is 0 Å². The Hall–Kier alpha value is -2.05. The van der Waals surface area contributed by atoms with E-state index in [1.54, 1.807) is 24.5 Å². The Balaban J connectivity index is 1.73. The Morgan fingerprint density at radius 1 is 1.27 bits per heavy atom. The molecule has 0 atom stereocenters. The van der Waals surface area contributed by atoms with Crippen LogP contribution in [0.4, 0.5) is 5.69 Å². The largest absolute Gasteiger partial charge is 0.465 e. The first-order valence-corrected chi connectivity index (χ1v) is 8.07. The molecule has 22 heavy (non-hydrogen) atoms. The van der Waals surface area contributed by atoms with Gasteiger partial charge in [-0.05, 0) is 54.2 Å². The second kappa shape index (κ2) is 6.81. The monoisotopic (exact) mass is 374 g/mol. The van der Waals surface area contributed by atoms with Gasteiger partial charge in [0.2, 0.25) is 0 Å². The molecule has 0 bridgehead atoms. The number of nitrogens with one attached hydrogen (secondary N) is 1. The molecule has 1 aliphatic heterocycles. The van der Waals surface area contributed by atoms with Gasteiger partial charge in [0.05, 0.1) is 16.9 Å². The maximum atomic E-state index is 11.9. The van der Waals surface area contributed by atoms with Crippen molar-refractivity contribution in [2.24, 2.45) is 4.99 Å². The highest BCUT2D eigenvalue weighted by atomic mass is 79.9. The van der Waals surface area contributed by atoms with Crippen LogP contribution in [0.25, 0.3) is 6.08 Å². The zero-order valence-corrected chi connectivity index (χ0v) is 13.7. The molecule has 1 saturated heterocycles. The molecule has 6 heteroatoms. The average Bonchev–Trinajstić information content (AvgIpc) is 3.10. The fourth-order valence-corrected chi connectivity index (χ4v) is 2.96. The van der Waals surface area contributed by atoms with Crippen molar-refractivity contribution in [3.63, 3.8) is 0 Å². The summed E-state index contributed by atoms with van der Waals surface area (Å²) in [6, 6.07) is 11.2. The van der Waals surface area contributed by atoms with Crippen molar-refractivity contribution in [2.45, 2.75) is 0 Å². The van der Waals surface area contributed by atoms with Crippen LogP contribution in [0.1, 0.15) is 5.76 Å². The molecule has 1 amide bonds. The summed E-state index contributed by atoms with van der Waals surface area (Å²) in [5, 5.41) is 3.32. The SMILES string of the molecule is O=C1NC(=Nc2cccc(Br)c2)S/C1=C/C=C/c1ccco1. The highest BCUT2D eigenvalue weighted by Crippen LogP contribution is 2.27. The maximum absolute atomic E-state index is 11.9. The van der Waals surface area contributed by atoms with Crippen LogP contribution in [0.5, 0.6) is 0 Å². The van der Waals surface area contributed by atoms with Crippen molar-refractivity contribution in [2.75, 3.05) is 0 Å². The van der Waals surface area contributed by atoms with Crippen molar-refractivity contribution in [3.05, 3.63) is 70.0 Å². The molecular formula is C16H11BrN2O2S. The summed E-state index contributed by atoms with van der Waals surface area (Å²) in [6.07, 6.45) is 6.92. The number of carbonyl (C=O) groups is 1. The molecule has 0 aliphatic carbocycles. The van der Waals surface area contributed by atoms with Gasteiger partial charge >= 0.3 is 0 Å². The molecule has 110 valence electrons. The quantitative estimate of drug-likeness (QED) is 0.805. The number of amidine groups is 1. The highest BCUT2D eigenvalue weighted by Gasteiger charge is 2.23. The van der Waals surface area contributed by atoms with Crippen LogP contribution in [-0.4, -0.2) is 11.1 Å². The topological polar surface area (TPSA) is 54.6 Å². The van der Waals surface area contributed by atoms with E-state index in [1.165, 1.54) is 11.8 Å². The summed E-state index contributed by atoms with van der Waals surface area (Å²) in [4.78, 5) is 16.9. The summed E-state index contributed by atoms with van der Waals surface area (Å²) < 4.78 is 6.13. The van der Waals surface area contributed by atoms with E-state index in [9.17, 15) is 4.79 Å². The minimum atomic E-state index is -0.150. The van der Waals surface area contributed by atoms with E-state index in [-0.39, 0.29) is 5.91 Å². The van der Waals surface area contributed by atoms with E-state index in [1.807, 2.05) is 36.4 Å². The molecule has 1 aliphatic rings. The van der Waals surface area contributed by atoms with Gasteiger partial charge < -0.3 is 9.73 Å². The Bertz CT molecular complexity index is 779. The summed E-state index contributed by atoms with van der Waals surface area (Å²) in [7, 11) is 0. The predicted molar refractivity (Wildman–Crippen MR) is 92.8 cm³/mol. The lowest BCUT2D eigenvalue weighted by molar-refractivity contribution is -0.115. The molecule has 3 rings (SSSR count). The van der Waals surface area contributed by atoms with Crippen LogP contribution >= 0.6 is 27.7 Å². The fourth-order valence-electron chi connectivity index (χ4n) is 1.77. The lowest BCUT2D eigenvalue weighted by Gasteiger charge is -1.96. The van der Waals surface area contributed by atoms with Crippen molar-refractivity contribution >= 4 is 50.5 Å². The number of carbonyl (C=O) groups excluding carboxylic acids is 1. The van der Waals surface area contributed by atoms with Gasteiger partial charge in [0.25, 0.3) is 5.91 Å². The molecule has 0 saturated carbocycles. The van der Waals surface area contributed by atoms with Crippen LogP contribution in [0.15, 0.2) is 73.6 Å². The number of hydrogen-bond acceptors (Lipinski definition) is 4. The third-order valence-corrected chi connectivity index (χ3v) is 4.16. The number of benzene rings is 1. The van der Waals surface area contributed by atoms with Crippen LogP contribution in [0, 0.1) is 0 Å². The number of nitrogens with zero attached hydrogens (tertiary/aromatic N) is 1. The molecule has 2 aromatic rings. The van der Waals surface area contributed by atoms with Gasteiger partial charge in [-0.3, -0.25) is 4.79 Å². The number of halogens is 1. The average molecular weight is 375 g/mol. The van der Waals surface area contributed by atoms with Crippen molar-refractivity contribution in [1.29, 1.82) is 0 Å². The van der Waals surface area contributed by atoms with Crippen molar-refractivity contribution < 1.29 is 9.21 Å². The summed E-state index contributed by atoms with van der Waals surface area (Å²) >= 11 is 4.71. The molecule has 1 N–H and O–H groups in total. The Kier molecular flexibility index (Phi) is 4.60. The molecule has 1 aromatic carbocycles. The highest BCUT2D eigenvalue weighted by molar-refractivity contribution is 9.10. The van der Waals surface area contributed by atoms with Gasteiger partial charge in [0, 0.05) is 4.47 Å². The molecule has 1 fully saturated rings. The third-order valence-electron chi connectivity index (χ3n) is 2.74. The van der Waals surface area contributed by atoms with Crippen LogP contribution in [0.3, 0.4) is 0 Å². The first-order chi connectivity index (χ1) is 10.7. The fraction of sp³-hybridized carbons (Fsp3) is 0. The molecule has 2 heterocycles. The number of rotatable bonds is 3. The van der Waals surface area contributed by atoms with Crippen LogP contribution < -0.4 is 5.32 Å². The normalized spacial score (nSPS) is 18.5. The number of aliphatic imine (C=N–C) groups is 1. The van der Waals surface area contributed by atoms with Crippen LogP contribution in [0.2, 0.25) is 0 Å². The lowest BCUT2D eigenvalue weighted by atomic mass is 10.3. The standard InChI is InChI=1S/C16H11BrN2O2S/c17-11-4-1-5-12(10-11)18-16-19-15(20)14(22-16)8-2-6-13-7-3-9-21-13/h1-10H,(H,18,19,20)/b6-2+,14-8+. The first-order valence-electron chi connectivity index (χ1n) is 6.46. The van der Waals surface area contributed by atoms with Gasteiger partial charge in [0.1, 0.15) is 5.76 Å². The van der Waals surface area contributed by atoms with Crippen molar-refractivity contribution in [1.82, 2.24) is 5.32 Å². The Morgan fingerprint density at radius 2 is 2.18 bits per heavy atom. The minimum absolute atomic E-state index is 0.150. The summed E-state index contributed by atoms with van der Waals surface area (Å²) in [6.45, 7) is 0. The molecule has 0 radical (unpaired) electrons. The lowest BCUT2D eigenvalue weighted by Crippen LogP contribution is -2.19. The van der Waals surface area contributed by atoms with E-state index in [4.69, 9.17) is 4.42 Å². The zero-order valence-electron chi connectivity index (χ0n) is 11.3. The van der Waals surface area contributed by atoms with Crippen LogP contribution in [-0.2, 0) is 4.79 Å². The van der Waals surface area contributed by atoms with Gasteiger partial charge in [-0.25, -0.2) is 4.99 Å². The van der Waals surface area contributed by atoms with Gasteiger partial charge in [-0.1, -0.05) is 28.1 Å². The Labute approximate surface area is 140 Å². The Morgan fingerprint density at radius 3 is 2.95 bits per heavy atom. The number of furan rings is 1. The second-order valence-corrected chi connectivity index (χ2v) is 6.30. The van der Waals surface area contributed by atoms with Crippen molar-refractivity contribution in [3.8, 4) is 0 Å². The van der Waals surface area contributed by atoms with Gasteiger partial charge in [-0.2, -0.15) is 0 Å². The van der Waals surface area contributed by atoms with E-state index in [0.717, 1.165) is 15.9 Å². The minimum Gasteiger partial charge on any atom is -0.465 e. The number of allylic oxidation sites excluding steroid dienone is 2. The van der Waals surface area contributed by atoms with E-state index < -0.39 is 0 Å². The third kappa shape index (κ3) is 3.78. The first kappa shape index (κ1) is 14.9. The molecule has 4 nitrogen and oxygen atoms in total. The number of amides is 1. The summed E-state index contributed by atoms with van der Waals surface area (Å²) in [5.41, 5.74) is 0.782. The molecule has 1 aromatic heterocycles. The molecule has 0 unspecified atom stereocenters. The maximum Gasteiger partial charge on any atom is 0.264 e. The predicted octanol–water partition coefficient (Wildman–Crippen LogP) is 4.49. The number of thioether (sulfide) groups is 1. The zero-order chi connectivity index (χ0) is 15.4.